The SMILES string of the molecule is CCCCC(=O)C1=CCCC=C1C(C)=O. The van der Waals surface area contributed by atoms with Crippen LogP contribution in [0.4, 0.5) is 0 Å². The molecule has 0 bridgehead atoms. The van der Waals surface area contributed by atoms with Crippen molar-refractivity contribution in [3.8, 4) is 0 Å². The Morgan fingerprint density at radius 2 is 1.80 bits per heavy atom. The lowest BCUT2D eigenvalue weighted by Gasteiger charge is -2.12. The number of Topliss-reactive ketones (excluding diaryl/α,β-unsaturated/α-hetero) is 2. The van der Waals surface area contributed by atoms with E-state index < -0.39 is 0 Å². The minimum atomic E-state index is 0.00537. The zero-order valence-corrected chi connectivity index (χ0v) is 9.51. The van der Waals surface area contributed by atoms with E-state index in [0.717, 1.165) is 25.7 Å². The molecule has 0 atom stereocenters. The Labute approximate surface area is 91.1 Å². The van der Waals surface area contributed by atoms with Crippen molar-refractivity contribution in [3.05, 3.63) is 23.3 Å². The Morgan fingerprint density at radius 3 is 2.33 bits per heavy atom. The fourth-order valence-electron chi connectivity index (χ4n) is 1.74. The van der Waals surface area contributed by atoms with Crippen molar-refractivity contribution in [2.75, 3.05) is 0 Å². The summed E-state index contributed by atoms with van der Waals surface area (Å²) in [5, 5.41) is 0. The van der Waals surface area contributed by atoms with Crippen molar-refractivity contribution in [3.63, 3.8) is 0 Å². The lowest BCUT2D eigenvalue weighted by molar-refractivity contribution is -0.117. The largest absolute Gasteiger partial charge is 0.294 e. The number of unbranched alkanes of at least 4 members (excludes halogenated alkanes) is 1. The zero-order valence-electron chi connectivity index (χ0n) is 9.51. The maximum atomic E-state index is 11.8. The molecule has 2 heteroatoms. The highest BCUT2D eigenvalue weighted by molar-refractivity contribution is 6.11. The lowest BCUT2D eigenvalue weighted by atomic mass is 9.90. The Bertz CT molecular complexity index is 321. The third-order valence-corrected chi connectivity index (χ3v) is 2.59. The minimum absolute atomic E-state index is 0.00537. The average Bonchev–Trinajstić information content (AvgIpc) is 2.25. The summed E-state index contributed by atoms with van der Waals surface area (Å²) in [7, 11) is 0. The van der Waals surface area contributed by atoms with Crippen molar-refractivity contribution in [1.82, 2.24) is 0 Å². The summed E-state index contributed by atoms with van der Waals surface area (Å²) in [6.45, 7) is 3.59. The summed E-state index contributed by atoms with van der Waals surface area (Å²) >= 11 is 0. The molecule has 1 aliphatic carbocycles. The Morgan fingerprint density at radius 1 is 1.20 bits per heavy atom. The Kier molecular flexibility index (Phi) is 4.47. The van der Waals surface area contributed by atoms with E-state index in [4.69, 9.17) is 0 Å². The molecular formula is C13H18O2. The molecule has 0 unspecified atom stereocenters. The van der Waals surface area contributed by atoms with Crippen LogP contribution in [0.1, 0.15) is 46.0 Å². The predicted molar refractivity (Wildman–Crippen MR) is 60.6 cm³/mol. The van der Waals surface area contributed by atoms with Gasteiger partial charge in [0.15, 0.2) is 11.6 Å². The van der Waals surface area contributed by atoms with Gasteiger partial charge in [-0.3, -0.25) is 9.59 Å². The molecule has 0 radical (unpaired) electrons. The topological polar surface area (TPSA) is 34.1 Å². The molecule has 0 saturated heterocycles. The standard InChI is InChI=1S/C13H18O2/c1-3-4-9-13(15)12-8-6-5-7-11(12)10(2)14/h7-8H,3-6,9H2,1-2H3. The predicted octanol–water partition coefficient (Wildman–Crippen LogP) is 2.98. The van der Waals surface area contributed by atoms with Crippen molar-refractivity contribution >= 4 is 11.6 Å². The minimum Gasteiger partial charge on any atom is -0.294 e. The van der Waals surface area contributed by atoms with Crippen molar-refractivity contribution in [2.24, 2.45) is 0 Å². The molecule has 0 aromatic rings. The van der Waals surface area contributed by atoms with Gasteiger partial charge >= 0.3 is 0 Å². The van der Waals surface area contributed by atoms with E-state index in [1.54, 1.807) is 0 Å². The second-order valence-electron chi connectivity index (χ2n) is 3.90. The second-order valence-corrected chi connectivity index (χ2v) is 3.90. The highest BCUT2D eigenvalue weighted by atomic mass is 16.1. The van der Waals surface area contributed by atoms with Gasteiger partial charge in [-0.1, -0.05) is 25.5 Å². The first-order chi connectivity index (χ1) is 7.16. The first-order valence-corrected chi connectivity index (χ1v) is 5.61. The van der Waals surface area contributed by atoms with Gasteiger partial charge in [0.05, 0.1) is 0 Å². The van der Waals surface area contributed by atoms with Gasteiger partial charge in [0.1, 0.15) is 0 Å². The fourth-order valence-corrected chi connectivity index (χ4v) is 1.74. The van der Waals surface area contributed by atoms with Gasteiger partial charge in [-0.25, -0.2) is 0 Å². The summed E-state index contributed by atoms with van der Waals surface area (Å²) in [6, 6.07) is 0. The number of hydrogen-bond donors (Lipinski definition) is 0. The smallest absolute Gasteiger partial charge is 0.163 e. The zero-order chi connectivity index (χ0) is 11.3. The molecule has 82 valence electrons. The van der Waals surface area contributed by atoms with E-state index >= 15 is 0 Å². The molecule has 0 N–H and O–H groups in total. The van der Waals surface area contributed by atoms with Gasteiger partial charge in [0.2, 0.25) is 0 Å². The van der Waals surface area contributed by atoms with E-state index in [-0.39, 0.29) is 11.6 Å². The van der Waals surface area contributed by atoms with Crippen LogP contribution < -0.4 is 0 Å². The van der Waals surface area contributed by atoms with Gasteiger partial charge in [-0.05, 0) is 26.2 Å². The first-order valence-electron chi connectivity index (χ1n) is 5.61. The molecule has 1 rings (SSSR count). The number of allylic oxidation sites excluding steroid dienone is 4. The van der Waals surface area contributed by atoms with Gasteiger partial charge in [-0.15, -0.1) is 0 Å². The summed E-state index contributed by atoms with van der Waals surface area (Å²) in [4.78, 5) is 23.1. The number of carbonyl (C=O) groups is 2. The molecule has 0 aromatic carbocycles. The van der Waals surface area contributed by atoms with Crippen LogP contribution in [0.5, 0.6) is 0 Å². The van der Waals surface area contributed by atoms with Crippen LogP contribution in [0.2, 0.25) is 0 Å². The molecule has 0 aliphatic heterocycles. The number of hydrogen-bond acceptors (Lipinski definition) is 2. The van der Waals surface area contributed by atoms with Crippen LogP contribution in [-0.2, 0) is 9.59 Å². The first kappa shape index (κ1) is 11.9. The van der Waals surface area contributed by atoms with Crippen molar-refractivity contribution in [1.29, 1.82) is 0 Å². The average molecular weight is 206 g/mol. The maximum Gasteiger partial charge on any atom is 0.163 e. The molecule has 0 heterocycles. The van der Waals surface area contributed by atoms with Gasteiger partial charge in [-0.2, -0.15) is 0 Å². The number of ketones is 2. The second kappa shape index (κ2) is 5.64. The lowest BCUT2D eigenvalue weighted by Crippen LogP contribution is -2.12. The van der Waals surface area contributed by atoms with Crippen LogP contribution in [0.3, 0.4) is 0 Å². The van der Waals surface area contributed by atoms with Gasteiger partial charge in [0, 0.05) is 17.6 Å². The summed E-state index contributed by atoms with van der Waals surface area (Å²) in [5.74, 6) is 0.129. The molecule has 0 amide bonds. The van der Waals surface area contributed by atoms with Crippen molar-refractivity contribution in [2.45, 2.75) is 46.0 Å². The van der Waals surface area contributed by atoms with Crippen LogP contribution in [-0.4, -0.2) is 11.6 Å². The third-order valence-electron chi connectivity index (χ3n) is 2.59. The van der Waals surface area contributed by atoms with E-state index in [1.807, 2.05) is 12.2 Å². The van der Waals surface area contributed by atoms with E-state index in [1.165, 1.54) is 6.92 Å². The normalized spacial score (nSPS) is 15.6. The van der Waals surface area contributed by atoms with E-state index in [9.17, 15) is 9.59 Å². The fraction of sp³-hybridized carbons (Fsp3) is 0.538. The molecule has 0 spiro atoms. The van der Waals surface area contributed by atoms with Gasteiger partial charge in [0.25, 0.3) is 0 Å². The molecule has 0 saturated carbocycles. The molecule has 2 nitrogen and oxygen atoms in total. The number of rotatable bonds is 5. The Hall–Kier alpha value is -1.18. The summed E-state index contributed by atoms with van der Waals surface area (Å²) in [5.41, 5.74) is 1.28. The third kappa shape index (κ3) is 3.15. The van der Waals surface area contributed by atoms with Crippen LogP contribution in [0, 0.1) is 0 Å². The van der Waals surface area contributed by atoms with Crippen molar-refractivity contribution < 1.29 is 9.59 Å². The van der Waals surface area contributed by atoms with Crippen LogP contribution >= 0.6 is 0 Å². The summed E-state index contributed by atoms with van der Waals surface area (Å²) < 4.78 is 0. The number of carbonyl (C=O) groups excluding carboxylic acids is 2. The molecule has 0 aromatic heterocycles. The quantitative estimate of drug-likeness (QED) is 0.693. The molecular weight excluding hydrogens is 188 g/mol. The van der Waals surface area contributed by atoms with E-state index in [2.05, 4.69) is 6.92 Å². The Balaban J connectivity index is 2.74. The maximum absolute atomic E-state index is 11.8. The van der Waals surface area contributed by atoms with E-state index in [0.29, 0.717) is 17.6 Å². The van der Waals surface area contributed by atoms with Gasteiger partial charge < -0.3 is 0 Å². The molecule has 0 fully saturated rings. The summed E-state index contributed by atoms with van der Waals surface area (Å²) in [6.07, 6.45) is 8.03. The van der Waals surface area contributed by atoms with Crippen LogP contribution in [0.15, 0.2) is 23.3 Å². The highest BCUT2D eigenvalue weighted by Crippen LogP contribution is 2.22. The van der Waals surface area contributed by atoms with Crippen LogP contribution in [0.25, 0.3) is 0 Å². The monoisotopic (exact) mass is 206 g/mol. The highest BCUT2D eigenvalue weighted by Gasteiger charge is 2.18. The molecule has 1 aliphatic rings. The molecule has 15 heavy (non-hydrogen) atoms.